The maximum atomic E-state index is 9.64. The molecule has 0 aliphatic rings. The van der Waals surface area contributed by atoms with Crippen molar-refractivity contribution in [3.8, 4) is 11.5 Å². The molecule has 0 aliphatic carbocycles. The zero-order valence-corrected chi connectivity index (χ0v) is 8.97. The van der Waals surface area contributed by atoms with Crippen LogP contribution in [0, 0.1) is 0 Å². The Morgan fingerprint density at radius 3 is 2.77 bits per heavy atom. The Bertz CT molecular complexity index is 302. The van der Waals surface area contributed by atoms with Gasteiger partial charge in [0.1, 0.15) is 0 Å². The van der Waals surface area contributed by atoms with Gasteiger partial charge in [0.05, 0.1) is 7.11 Å². The molecule has 0 unspecified atom stereocenters. The lowest BCUT2D eigenvalue weighted by molar-refractivity contribution is 0.370. The third-order valence-electron chi connectivity index (χ3n) is 1.75. The predicted molar refractivity (Wildman–Crippen MR) is 55.1 cm³/mol. The smallest absolute Gasteiger partial charge is 0.161 e. The number of methoxy groups -OCH3 is 1. The number of nitrogens with two attached hydrogens (primary N) is 1. The largest absolute Gasteiger partial charge is 0.504 e. The van der Waals surface area contributed by atoms with Crippen LogP contribution in [0.1, 0.15) is 5.56 Å². The summed E-state index contributed by atoms with van der Waals surface area (Å²) >= 11 is 3.33. The van der Waals surface area contributed by atoms with E-state index in [-0.39, 0.29) is 5.75 Å². The molecule has 13 heavy (non-hydrogen) atoms. The summed E-state index contributed by atoms with van der Waals surface area (Å²) in [5.41, 5.74) is 6.20. The van der Waals surface area contributed by atoms with Gasteiger partial charge in [-0.3, -0.25) is 0 Å². The summed E-state index contributed by atoms with van der Waals surface area (Å²) in [5, 5.41) is 9.64. The number of phenols is 1. The van der Waals surface area contributed by atoms with Gasteiger partial charge in [-0.25, -0.2) is 0 Å². The molecule has 0 saturated carbocycles. The number of aromatic hydroxyl groups is 1. The van der Waals surface area contributed by atoms with Crippen LogP contribution in [0.2, 0.25) is 0 Å². The molecule has 0 amide bonds. The van der Waals surface area contributed by atoms with Crippen LogP contribution in [0.4, 0.5) is 0 Å². The summed E-state index contributed by atoms with van der Waals surface area (Å²) in [4.78, 5) is 0. The third-order valence-corrected chi connectivity index (χ3v) is 2.21. The molecule has 0 saturated heterocycles. The molecule has 1 aromatic rings. The molecule has 3 N–H and O–H groups in total. The number of phenolic OH excluding ortho intramolecular Hbond substituents is 1. The van der Waals surface area contributed by atoms with E-state index in [1.165, 1.54) is 7.11 Å². The second-order valence-electron chi connectivity index (χ2n) is 2.65. The summed E-state index contributed by atoms with van der Waals surface area (Å²) in [6, 6.07) is 3.56. The first kappa shape index (κ1) is 10.3. The maximum Gasteiger partial charge on any atom is 0.161 e. The van der Waals surface area contributed by atoms with Gasteiger partial charge in [-0.1, -0.05) is 15.9 Å². The number of hydrogen-bond donors (Lipinski definition) is 2. The standard InChI is InChI=1S/C9H12BrNO2/c1-13-8-5-7(10)4-6(2-3-11)9(8)12/h4-5,12H,2-3,11H2,1H3. The Balaban J connectivity index is 3.11. The fourth-order valence-corrected chi connectivity index (χ4v) is 1.61. The fourth-order valence-electron chi connectivity index (χ4n) is 1.13. The molecule has 3 nitrogen and oxygen atoms in total. The predicted octanol–water partition coefficient (Wildman–Crippen LogP) is 1.66. The van der Waals surface area contributed by atoms with Crippen LogP contribution in [-0.2, 0) is 6.42 Å². The van der Waals surface area contributed by atoms with E-state index in [4.69, 9.17) is 10.5 Å². The molecule has 0 atom stereocenters. The lowest BCUT2D eigenvalue weighted by Gasteiger charge is -2.08. The van der Waals surface area contributed by atoms with Crippen LogP contribution in [0.3, 0.4) is 0 Å². The topological polar surface area (TPSA) is 55.5 Å². The van der Waals surface area contributed by atoms with E-state index in [9.17, 15) is 5.11 Å². The highest BCUT2D eigenvalue weighted by Gasteiger charge is 2.08. The molecular weight excluding hydrogens is 234 g/mol. The zero-order valence-electron chi connectivity index (χ0n) is 7.38. The van der Waals surface area contributed by atoms with E-state index in [0.29, 0.717) is 18.7 Å². The monoisotopic (exact) mass is 245 g/mol. The van der Waals surface area contributed by atoms with Gasteiger partial charge in [0.2, 0.25) is 0 Å². The molecular formula is C9H12BrNO2. The van der Waals surface area contributed by atoms with E-state index in [1.54, 1.807) is 6.07 Å². The number of hydrogen-bond acceptors (Lipinski definition) is 3. The molecule has 1 aromatic carbocycles. The Morgan fingerprint density at radius 1 is 1.54 bits per heavy atom. The van der Waals surface area contributed by atoms with Crippen molar-refractivity contribution in [1.29, 1.82) is 0 Å². The highest BCUT2D eigenvalue weighted by molar-refractivity contribution is 9.10. The van der Waals surface area contributed by atoms with Gasteiger partial charge in [0.15, 0.2) is 11.5 Å². The second kappa shape index (κ2) is 4.48. The van der Waals surface area contributed by atoms with E-state index in [0.717, 1.165) is 10.0 Å². The lowest BCUT2D eigenvalue weighted by Crippen LogP contribution is -2.03. The Hall–Kier alpha value is -0.740. The summed E-state index contributed by atoms with van der Waals surface area (Å²) in [6.07, 6.45) is 0.641. The lowest BCUT2D eigenvalue weighted by atomic mass is 10.1. The molecule has 0 aliphatic heterocycles. The summed E-state index contributed by atoms with van der Waals surface area (Å²) in [5.74, 6) is 0.647. The molecule has 0 bridgehead atoms. The quantitative estimate of drug-likeness (QED) is 0.852. The van der Waals surface area contributed by atoms with E-state index >= 15 is 0 Å². The zero-order chi connectivity index (χ0) is 9.84. The van der Waals surface area contributed by atoms with E-state index in [1.807, 2.05) is 6.07 Å². The van der Waals surface area contributed by atoms with Gasteiger partial charge in [-0.05, 0) is 25.1 Å². The molecule has 4 heteroatoms. The summed E-state index contributed by atoms with van der Waals surface area (Å²) < 4.78 is 5.87. The first-order valence-electron chi connectivity index (χ1n) is 3.94. The van der Waals surface area contributed by atoms with E-state index < -0.39 is 0 Å². The van der Waals surface area contributed by atoms with Gasteiger partial charge in [-0.2, -0.15) is 0 Å². The third kappa shape index (κ3) is 2.35. The van der Waals surface area contributed by atoms with Gasteiger partial charge < -0.3 is 15.6 Å². The van der Waals surface area contributed by atoms with Crippen molar-refractivity contribution >= 4 is 15.9 Å². The number of halogens is 1. The first-order chi connectivity index (χ1) is 6.19. The SMILES string of the molecule is COc1cc(Br)cc(CCN)c1O. The molecule has 0 fully saturated rings. The van der Waals surface area contributed by atoms with Crippen molar-refractivity contribution in [2.24, 2.45) is 5.73 Å². The van der Waals surface area contributed by atoms with Gasteiger partial charge >= 0.3 is 0 Å². The molecule has 72 valence electrons. The minimum atomic E-state index is 0.177. The highest BCUT2D eigenvalue weighted by Crippen LogP contribution is 2.33. The van der Waals surface area contributed by atoms with Crippen LogP contribution in [0.15, 0.2) is 16.6 Å². The highest BCUT2D eigenvalue weighted by atomic mass is 79.9. The molecule has 0 spiro atoms. The maximum absolute atomic E-state index is 9.64. The molecule has 0 aromatic heterocycles. The van der Waals surface area contributed by atoms with Crippen LogP contribution in [-0.4, -0.2) is 18.8 Å². The Kier molecular flexibility index (Phi) is 3.57. The van der Waals surface area contributed by atoms with Crippen molar-refractivity contribution in [2.75, 3.05) is 13.7 Å². The summed E-state index contributed by atoms with van der Waals surface area (Å²) in [6.45, 7) is 0.507. The van der Waals surface area contributed by atoms with Gasteiger partial charge in [-0.15, -0.1) is 0 Å². The molecule has 0 heterocycles. The van der Waals surface area contributed by atoms with Crippen molar-refractivity contribution < 1.29 is 9.84 Å². The Morgan fingerprint density at radius 2 is 2.23 bits per heavy atom. The van der Waals surface area contributed by atoms with Crippen molar-refractivity contribution in [3.63, 3.8) is 0 Å². The second-order valence-corrected chi connectivity index (χ2v) is 3.57. The van der Waals surface area contributed by atoms with E-state index in [2.05, 4.69) is 15.9 Å². The van der Waals surface area contributed by atoms with Crippen LogP contribution in [0.25, 0.3) is 0 Å². The van der Waals surface area contributed by atoms with Crippen LogP contribution in [0.5, 0.6) is 11.5 Å². The number of rotatable bonds is 3. The summed E-state index contributed by atoms with van der Waals surface area (Å²) in [7, 11) is 1.52. The average molecular weight is 246 g/mol. The van der Waals surface area contributed by atoms with Gasteiger partial charge in [0, 0.05) is 10.0 Å². The minimum absolute atomic E-state index is 0.177. The van der Waals surface area contributed by atoms with Gasteiger partial charge in [0.25, 0.3) is 0 Å². The van der Waals surface area contributed by atoms with Crippen LogP contribution < -0.4 is 10.5 Å². The van der Waals surface area contributed by atoms with Crippen molar-refractivity contribution in [1.82, 2.24) is 0 Å². The van der Waals surface area contributed by atoms with Crippen LogP contribution >= 0.6 is 15.9 Å². The van der Waals surface area contributed by atoms with Crippen molar-refractivity contribution in [2.45, 2.75) is 6.42 Å². The number of benzene rings is 1. The first-order valence-corrected chi connectivity index (χ1v) is 4.73. The number of ether oxygens (including phenoxy) is 1. The van der Waals surface area contributed by atoms with Crippen molar-refractivity contribution in [3.05, 3.63) is 22.2 Å². The normalized spacial score (nSPS) is 10.1. The minimum Gasteiger partial charge on any atom is -0.504 e. The Labute approximate surface area is 85.6 Å². The molecule has 1 rings (SSSR count). The molecule has 0 radical (unpaired) electrons. The average Bonchev–Trinajstić information content (AvgIpc) is 2.11. The fraction of sp³-hybridized carbons (Fsp3) is 0.333.